The van der Waals surface area contributed by atoms with Gasteiger partial charge in [-0.3, -0.25) is 4.79 Å². The molecule has 1 unspecified atom stereocenters. The van der Waals surface area contributed by atoms with Crippen molar-refractivity contribution in [2.45, 2.75) is 51.5 Å². The predicted molar refractivity (Wildman–Crippen MR) is 73.7 cm³/mol. The Balaban J connectivity index is 1.86. The van der Waals surface area contributed by atoms with E-state index >= 15 is 0 Å². The van der Waals surface area contributed by atoms with Crippen molar-refractivity contribution in [3.05, 3.63) is 29.8 Å². The largest absolute Gasteiger partial charge is 0.309 e. The second-order valence-corrected chi connectivity index (χ2v) is 5.60. The van der Waals surface area contributed by atoms with Crippen molar-refractivity contribution in [2.75, 3.05) is 4.90 Å². The third-order valence-electron chi connectivity index (χ3n) is 4.41. The molecule has 96 valence electrons. The van der Waals surface area contributed by atoms with E-state index in [1.165, 1.54) is 24.1 Å². The number of aryl methyl sites for hydroxylation is 1. The fourth-order valence-corrected chi connectivity index (χ4v) is 3.44. The van der Waals surface area contributed by atoms with Gasteiger partial charge in [0, 0.05) is 17.6 Å². The number of fused-ring (bicyclic) bond motifs is 3. The van der Waals surface area contributed by atoms with Crippen molar-refractivity contribution < 1.29 is 4.79 Å². The quantitative estimate of drug-likeness (QED) is 0.795. The monoisotopic (exact) mass is 243 g/mol. The summed E-state index contributed by atoms with van der Waals surface area (Å²) in [5.41, 5.74) is 2.52. The lowest BCUT2D eigenvalue weighted by Crippen LogP contribution is -2.37. The van der Waals surface area contributed by atoms with Gasteiger partial charge in [0.15, 0.2) is 0 Å². The highest BCUT2D eigenvalue weighted by Crippen LogP contribution is 2.40. The number of carbonyl (C=O) groups is 1. The van der Waals surface area contributed by atoms with Crippen LogP contribution in [0.3, 0.4) is 0 Å². The molecule has 0 aliphatic carbocycles. The maximum atomic E-state index is 12.5. The third kappa shape index (κ3) is 1.84. The maximum Gasteiger partial charge on any atom is 0.230 e. The Morgan fingerprint density at radius 2 is 2.17 bits per heavy atom. The zero-order valence-electron chi connectivity index (χ0n) is 11.1. The summed E-state index contributed by atoms with van der Waals surface area (Å²) in [6, 6.07) is 8.87. The van der Waals surface area contributed by atoms with E-state index in [1.54, 1.807) is 0 Å². The highest BCUT2D eigenvalue weighted by atomic mass is 16.2. The standard InChI is InChI=1S/C16H21NO/c1-2-3-6-13-11-14-10-9-12-7-4-5-8-15(12)17(14)16(13)18/h4-5,7-8,13-14H,2-3,6,9-11H2,1H3/t13?,14-/m0/s1. The van der Waals surface area contributed by atoms with E-state index in [1.807, 2.05) is 6.07 Å². The number of rotatable bonds is 3. The highest BCUT2D eigenvalue weighted by molar-refractivity contribution is 5.99. The fourth-order valence-electron chi connectivity index (χ4n) is 3.44. The van der Waals surface area contributed by atoms with Crippen LogP contribution in [-0.2, 0) is 11.2 Å². The number of hydrogen-bond acceptors (Lipinski definition) is 1. The normalized spacial score (nSPS) is 26.1. The molecule has 2 atom stereocenters. The molecule has 0 saturated carbocycles. The molecule has 1 saturated heterocycles. The van der Waals surface area contributed by atoms with Crippen LogP contribution in [0.5, 0.6) is 0 Å². The van der Waals surface area contributed by atoms with Crippen LogP contribution in [0.2, 0.25) is 0 Å². The molecule has 0 N–H and O–H groups in total. The van der Waals surface area contributed by atoms with Gasteiger partial charge < -0.3 is 4.90 Å². The van der Waals surface area contributed by atoms with Crippen molar-refractivity contribution in [2.24, 2.45) is 5.92 Å². The van der Waals surface area contributed by atoms with Crippen molar-refractivity contribution in [3.8, 4) is 0 Å². The van der Waals surface area contributed by atoms with Gasteiger partial charge in [-0.05, 0) is 37.3 Å². The van der Waals surface area contributed by atoms with E-state index in [2.05, 4.69) is 30.0 Å². The number of unbranched alkanes of at least 4 members (excludes halogenated alkanes) is 1. The first-order chi connectivity index (χ1) is 8.81. The molecule has 0 spiro atoms. The first-order valence-electron chi connectivity index (χ1n) is 7.22. The fraction of sp³-hybridized carbons (Fsp3) is 0.562. The highest BCUT2D eigenvalue weighted by Gasteiger charge is 2.41. The zero-order valence-corrected chi connectivity index (χ0v) is 11.1. The first kappa shape index (κ1) is 11.8. The van der Waals surface area contributed by atoms with Gasteiger partial charge >= 0.3 is 0 Å². The molecule has 1 fully saturated rings. The lowest BCUT2D eigenvalue weighted by molar-refractivity contribution is -0.120. The van der Waals surface area contributed by atoms with Crippen LogP contribution in [0.15, 0.2) is 24.3 Å². The molecule has 0 aromatic heterocycles. The minimum atomic E-state index is 0.279. The second-order valence-electron chi connectivity index (χ2n) is 5.60. The number of anilines is 1. The molecule has 2 aliphatic rings. The SMILES string of the molecule is CCCCC1C[C@@H]2CCc3ccccc3N2C1=O. The lowest BCUT2D eigenvalue weighted by Gasteiger charge is -2.31. The van der Waals surface area contributed by atoms with Gasteiger partial charge in [0.25, 0.3) is 0 Å². The summed E-state index contributed by atoms with van der Waals surface area (Å²) in [5.74, 6) is 0.654. The molecule has 2 heteroatoms. The van der Waals surface area contributed by atoms with Crippen LogP contribution in [0.4, 0.5) is 5.69 Å². The van der Waals surface area contributed by atoms with Crippen LogP contribution in [-0.4, -0.2) is 11.9 Å². The number of carbonyl (C=O) groups excluding carboxylic acids is 1. The zero-order chi connectivity index (χ0) is 12.5. The summed E-state index contributed by atoms with van der Waals surface area (Å²) in [5, 5.41) is 0. The van der Waals surface area contributed by atoms with E-state index in [-0.39, 0.29) is 5.92 Å². The van der Waals surface area contributed by atoms with Crippen LogP contribution in [0.1, 0.15) is 44.6 Å². The molecule has 1 amide bonds. The summed E-state index contributed by atoms with van der Waals surface area (Å²) in [7, 11) is 0. The molecular formula is C16H21NO. The number of amides is 1. The van der Waals surface area contributed by atoms with Gasteiger partial charge in [-0.2, -0.15) is 0 Å². The number of hydrogen-bond donors (Lipinski definition) is 0. The Labute approximate surface area is 109 Å². The van der Waals surface area contributed by atoms with Crippen molar-refractivity contribution in [1.29, 1.82) is 0 Å². The number of benzene rings is 1. The second kappa shape index (κ2) is 4.75. The summed E-state index contributed by atoms with van der Waals surface area (Å²) in [6.45, 7) is 2.20. The van der Waals surface area contributed by atoms with E-state index in [0.717, 1.165) is 25.7 Å². The van der Waals surface area contributed by atoms with E-state index in [4.69, 9.17) is 0 Å². The van der Waals surface area contributed by atoms with Gasteiger partial charge in [0.1, 0.15) is 0 Å². The van der Waals surface area contributed by atoms with E-state index in [9.17, 15) is 4.79 Å². The Kier molecular flexibility index (Phi) is 3.11. The lowest BCUT2D eigenvalue weighted by atomic mass is 9.94. The van der Waals surface area contributed by atoms with Gasteiger partial charge in [0.05, 0.1) is 0 Å². The molecule has 2 heterocycles. The summed E-state index contributed by atoms with van der Waals surface area (Å²) < 4.78 is 0. The first-order valence-corrected chi connectivity index (χ1v) is 7.22. The average Bonchev–Trinajstić information content (AvgIpc) is 2.73. The smallest absolute Gasteiger partial charge is 0.230 e. The molecule has 0 bridgehead atoms. The molecule has 18 heavy (non-hydrogen) atoms. The Hall–Kier alpha value is -1.31. The van der Waals surface area contributed by atoms with Crippen molar-refractivity contribution in [1.82, 2.24) is 0 Å². The van der Waals surface area contributed by atoms with E-state index < -0.39 is 0 Å². The minimum absolute atomic E-state index is 0.279. The topological polar surface area (TPSA) is 20.3 Å². The summed E-state index contributed by atoms with van der Waals surface area (Å²) in [6.07, 6.45) is 6.79. The van der Waals surface area contributed by atoms with Gasteiger partial charge in [0.2, 0.25) is 5.91 Å². The van der Waals surface area contributed by atoms with Crippen LogP contribution in [0.25, 0.3) is 0 Å². The molecular weight excluding hydrogens is 222 g/mol. The van der Waals surface area contributed by atoms with Crippen LogP contribution >= 0.6 is 0 Å². The number of nitrogens with zero attached hydrogens (tertiary/aromatic N) is 1. The van der Waals surface area contributed by atoms with Crippen molar-refractivity contribution in [3.63, 3.8) is 0 Å². The molecule has 2 aliphatic heterocycles. The summed E-state index contributed by atoms with van der Waals surface area (Å²) in [4.78, 5) is 14.6. The van der Waals surface area contributed by atoms with E-state index in [0.29, 0.717) is 11.9 Å². The maximum absolute atomic E-state index is 12.5. The summed E-state index contributed by atoms with van der Waals surface area (Å²) >= 11 is 0. The van der Waals surface area contributed by atoms with Crippen LogP contribution in [0, 0.1) is 5.92 Å². The van der Waals surface area contributed by atoms with Gasteiger partial charge in [-0.25, -0.2) is 0 Å². The number of para-hydroxylation sites is 1. The molecule has 0 radical (unpaired) electrons. The average molecular weight is 243 g/mol. The molecule has 2 nitrogen and oxygen atoms in total. The van der Waals surface area contributed by atoms with Crippen LogP contribution < -0.4 is 4.90 Å². The Morgan fingerprint density at radius 3 is 3.00 bits per heavy atom. The predicted octanol–water partition coefficient (Wildman–Crippen LogP) is 3.54. The van der Waals surface area contributed by atoms with Gasteiger partial charge in [-0.15, -0.1) is 0 Å². The molecule has 1 aromatic carbocycles. The minimum Gasteiger partial charge on any atom is -0.309 e. The molecule has 3 rings (SSSR count). The molecule has 1 aromatic rings. The third-order valence-corrected chi connectivity index (χ3v) is 4.41. The van der Waals surface area contributed by atoms with Gasteiger partial charge in [-0.1, -0.05) is 38.0 Å². The Bertz CT molecular complexity index is 454. The Morgan fingerprint density at radius 1 is 1.33 bits per heavy atom. The van der Waals surface area contributed by atoms with Crippen molar-refractivity contribution >= 4 is 11.6 Å².